The standard InChI is InChI=1S/C20H18Cl2N2/c1-20-17-4-2-13(21)10-12(17)6-8-24(20)9-7-15-16-11-14(22)3-5-18(16)23-19(15)20/h2-5,10-11,23H,6-9H2,1H3/t20-/m1/s1. The smallest absolute Gasteiger partial charge is 0.0844 e. The Hall–Kier alpha value is -1.48. The minimum absolute atomic E-state index is 0.128. The van der Waals surface area contributed by atoms with Crippen LogP contribution in [0.3, 0.4) is 0 Å². The first-order valence-corrected chi connectivity index (χ1v) is 9.17. The Labute approximate surface area is 151 Å². The van der Waals surface area contributed by atoms with E-state index in [0.717, 1.165) is 36.0 Å². The number of aromatic nitrogens is 1. The molecule has 0 aliphatic carbocycles. The van der Waals surface area contributed by atoms with Crippen molar-refractivity contribution in [2.24, 2.45) is 0 Å². The molecule has 0 radical (unpaired) electrons. The van der Waals surface area contributed by atoms with Crippen molar-refractivity contribution < 1.29 is 0 Å². The molecule has 0 saturated heterocycles. The van der Waals surface area contributed by atoms with Crippen molar-refractivity contribution in [2.45, 2.75) is 25.3 Å². The van der Waals surface area contributed by atoms with Gasteiger partial charge in [-0.1, -0.05) is 29.3 Å². The molecule has 1 N–H and O–H groups in total. The molecular formula is C20H18Cl2N2. The van der Waals surface area contributed by atoms with Crippen LogP contribution in [0.4, 0.5) is 0 Å². The van der Waals surface area contributed by atoms with Crippen molar-refractivity contribution >= 4 is 34.1 Å². The first kappa shape index (κ1) is 14.8. The van der Waals surface area contributed by atoms with Gasteiger partial charge in [-0.25, -0.2) is 0 Å². The highest BCUT2D eigenvalue weighted by Crippen LogP contribution is 2.46. The SMILES string of the molecule is C[C@]12c3ccc(Cl)cc3CCN1CCc1c2[nH]c2ccc(Cl)cc12. The van der Waals surface area contributed by atoms with E-state index < -0.39 is 0 Å². The highest BCUT2D eigenvalue weighted by Gasteiger charge is 2.45. The minimum atomic E-state index is -0.128. The van der Waals surface area contributed by atoms with E-state index in [2.05, 4.69) is 41.1 Å². The summed E-state index contributed by atoms with van der Waals surface area (Å²) in [4.78, 5) is 6.30. The predicted molar refractivity (Wildman–Crippen MR) is 100 cm³/mol. The van der Waals surface area contributed by atoms with Gasteiger partial charge in [0.15, 0.2) is 0 Å². The van der Waals surface area contributed by atoms with Gasteiger partial charge >= 0.3 is 0 Å². The molecule has 2 nitrogen and oxygen atoms in total. The van der Waals surface area contributed by atoms with Gasteiger partial charge in [0.2, 0.25) is 0 Å². The molecule has 0 fully saturated rings. The maximum Gasteiger partial charge on any atom is 0.0844 e. The maximum atomic E-state index is 6.25. The summed E-state index contributed by atoms with van der Waals surface area (Å²) in [5, 5.41) is 2.89. The molecule has 2 aromatic carbocycles. The Kier molecular flexibility index (Phi) is 3.10. The quantitative estimate of drug-likeness (QED) is 0.589. The fourth-order valence-corrected chi connectivity index (χ4v) is 5.03. The van der Waals surface area contributed by atoms with E-state index in [1.165, 1.54) is 33.3 Å². The lowest BCUT2D eigenvalue weighted by molar-refractivity contribution is 0.112. The zero-order chi connectivity index (χ0) is 16.5. The Morgan fingerprint density at radius 2 is 1.75 bits per heavy atom. The zero-order valence-electron chi connectivity index (χ0n) is 13.5. The molecule has 122 valence electrons. The largest absolute Gasteiger partial charge is 0.356 e. The second-order valence-corrected chi connectivity index (χ2v) is 7.90. The molecule has 5 rings (SSSR count). The second kappa shape index (κ2) is 5.01. The van der Waals surface area contributed by atoms with E-state index >= 15 is 0 Å². The number of hydrogen-bond donors (Lipinski definition) is 1. The van der Waals surface area contributed by atoms with Crippen LogP contribution >= 0.6 is 23.2 Å². The van der Waals surface area contributed by atoms with E-state index in [4.69, 9.17) is 23.2 Å². The fourth-order valence-electron chi connectivity index (χ4n) is 4.66. The number of hydrogen-bond acceptors (Lipinski definition) is 1. The van der Waals surface area contributed by atoms with E-state index in [0.29, 0.717) is 0 Å². The number of H-pyrrole nitrogens is 1. The van der Waals surface area contributed by atoms with Crippen LogP contribution in [0.5, 0.6) is 0 Å². The highest BCUT2D eigenvalue weighted by molar-refractivity contribution is 6.31. The van der Waals surface area contributed by atoms with Crippen molar-refractivity contribution in [1.82, 2.24) is 9.88 Å². The molecule has 0 bridgehead atoms. The van der Waals surface area contributed by atoms with E-state index in [-0.39, 0.29) is 5.54 Å². The first-order valence-electron chi connectivity index (χ1n) is 8.42. The van der Waals surface area contributed by atoms with Crippen molar-refractivity contribution in [2.75, 3.05) is 13.1 Å². The molecule has 1 aromatic heterocycles. The lowest BCUT2D eigenvalue weighted by Crippen LogP contribution is -2.53. The van der Waals surface area contributed by atoms with Gasteiger partial charge in [-0.05, 0) is 66.8 Å². The summed E-state index contributed by atoms with van der Waals surface area (Å²) in [7, 11) is 0. The fraction of sp³-hybridized carbons (Fsp3) is 0.300. The molecule has 0 saturated carbocycles. The van der Waals surface area contributed by atoms with Crippen molar-refractivity contribution in [3.63, 3.8) is 0 Å². The topological polar surface area (TPSA) is 19.0 Å². The molecule has 2 aliphatic heterocycles. The van der Waals surface area contributed by atoms with E-state index in [1.807, 2.05) is 12.1 Å². The van der Waals surface area contributed by atoms with Crippen LogP contribution in [0.15, 0.2) is 36.4 Å². The molecule has 3 aromatic rings. The first-order chi connectivity index (χ1) is 11.6. The second-order valence-electron chi connectivity index (χ2n) is 7.03. The Morgan fingerprint density at radius 3 is 2.62 bits per heavy atom. The summed E-state index contributed by atoms with van der Waals surface area (Å²) in [5.41, 5.74) is 6.51. The summed E-state index contributed by atoms with van der Waals surface area (Å²) >= 11 is 12.5. The lowest BCUT2D eigenvalue weighted by Gasteiger charge is -2.49. The molecular weight excluding hydrogens is 339 g/mol. The minimum Gasteiger partial charge on any atom is -0.356 e. The normalized spacial score (nSPS) is 23.0. The van der Waals surface area contributed by atoms with Gasteiger partial charge in [-0.3, -0.25) is 4.90 Å². The Balaban J connectivity index is 1.81. The number of rotatable bonds is 0. The van der Waals surface area contributed by atoms with Gasteiger partial charge in [0.1, 0.15) is 0 Å². The van der Waals surface area contributed by atoms with Gasteiger partial charge in [-0.15, -0.1) is 0 Å². The number of nitrogens with zero attached hydrogens (tertiary/aromatic N) is 1. The van der Waals surface area contributed by atoms with E-state index in [1.54, 1.807) is 0 Å². The molecule has 0 amide bonds. The third kappa shape index (κ3) is 1.88. The predicted octanol–water partition coefficient (Wildman–Crippen LogP) is 5.15. The number of benzene rings is 2. The summed E-state index contributed by atoms with van der Waals surface area (Å²) in [6, 6.07) is 12.5. The Morgan fingerprint density at radius 1 is 1.00 bits per heavy atom. The molecule has 2 aliphatic rings. The molecule has 1 atom stereocenters. The van der Waals surface area contributed by atoms with E-state index in [9.17, 15) is 0 Å². The Bertz CT molecular complexity index is 975. The van der Waals surface area contributed by atoms with Gasteiger partial charge in [0.05, 0.1) is 5.54 Å². The van der Waals surface area contributed by atoms with Crippen LogP contribution in [0.2, 0.25) is 10.0 Å². The monoisotopic (exact) mass is 356 g/mol. The van der Waals surface area contributed by atoms with Crippen molar-refractivity contribution in [3.8, 4) is 0 Å². The molecule has 4 heteroatoms. The van der Waals surface area contributed by atoms with Gasteiger partial charge < -0.3 is 4.98 Å². The molecule has 0 spiro atoms. The molecule has 0 unspecified atom stereocenters. The maximum absolute atomic E-state index is 6.25. The van der Waals surface area contributed by atoms with Gasteiger partial charge in [0, 0.05) is 39.7 Å². The summed E-state index contributed by atoms with van der Waals surface area (Å²) in [6.45, 7) is 4.48. The third-order valence-electron chi connectivity index (χ3n) is 5.86. The summed E-state index contributed by atoms with van der Waals surface area (Å²) < 4.78 is 0. The van der Waals surface area contributed by atoms with Crippen LogP contribution in [0.25, 0.3) is 10.9 Å². The number of aromatic amines is 1. The van der Waals surface area contributed by atoms with Crippen molar-refractivity contribution in [1.29, 1.82) is 0 Å². The van der Waals surface area contributed by atoms with Gasteiger partial charge in [0.25, 0.3) is 0 Å². The molecule has 3 heterocycles. The number of nitrogens with one attached hydrogen (secondary N) is 1. The average Bonchev–Trinajstić information content (AvgIpc) is 2.93. The van der Waals surface area contributed by atoms with Crippen LogP contribution < -0.4 is 0 Å². The number of fused-ring (bicyclic) bond motifs is 7. The lowest BCUT2D eigenvalue weighted by atomic mass is 9.75. The summed E-state index contributed by atoms with van der Waals surface area (Å²) in [5.74, 6) is 0. The van der Waals surface area contributed by atoms with Crippen LogP contribution in [0.1, 0.15) is 29.3 Å². The third-order valence-corrected chi connectivity index (χ3v) is 6.33. The van der Waals surface area contributed by atoms with Crippen LogP contribution in [0, 0.1) is 0 Å². The van der Waals surface area contributed by atoms with Crippen LogP contribution in [-0.2, 0) is 18.4 Å². The number of halogens is 2. The average molecular weight is 357 g/mol. The highest BCUT2D eigenvalue weighted by atomic mass is 35.5. The van der Waals surface area contributed by atoms with Crippen LogP contribution in [-0.4, -0.2) is 23.0 Å². The van der Waals surface area contributed by atoms with Gasteiger partial charge in [-0.2, -0.15) is 0 Å². The molecule has 24 heavy (non-hydrogen) atoms. The zero-order valence-corrected chi connectivity index (χ0v) is 15.0. The summed E-state index contributed by atoms with van der Waals surface area (Å²) in [6.07, 6.45) is 2.13. The van der Waals surface area contributed by atoms with Crippen molar-refractivity contribution in [3.05, 3.63) is 68.8 Å².